The van der Waals surface area contributed by atoms with Gasteiger partial charge in [-0.15, -0.1) is 0 Å². The molecule has 744 valence electrons. The van der Waals surface area contributed by atoms with Crippen molar-refractivity contribution >= 4 is 140 Å². The van der Waals surface area contributed by atoms with Crippen LogP contribution in [0.25, 0.3) is 68.8 Å². The maximum Gasteiger partial charge on any atom is 0.336 e. The molecule has 0 saturated heterocycles. The van der Waals surface area contributed by atoms with E-state index in [9.17, 15) is 57.5 Å². The summed E-state index contributed by atoms with van der Waals surface area (Å²) in [7, 11) is 0. The molecule has 0 aliphatic heterocycles. The highest BCUT2D eigenvalue weighted by molar-refractivity contribution is 6.27. The van der Waals surface area contributed by atoms with Gasteiger partial charge in [0.1, 0.15) is 34.5 Å². The Labute approximate surface area is 831 Å². The third-order valence-corrected chi connectivity index (χ3v) is 20.4. The number of rotatable bonds is 60. The summed E-state index contributed by atoms with van der Waals surface area (Å²) in [5.41, 5.74) is 3.17. The summed E-state index contributed by atoms with van der Waals surface area (Å²) in [6, 6.07) is 48.8. The van der Waals surface area contributed by atoms with Gasteiger partial charge >= 0.3 is 71.6 Å². The molecule has 30 heteroatoms. The van der Waals surface area contributed by atoms with E-state index in [1.54, 1.807) is 146 Å². The summed E-state index contributed by atoms with van der Waals surface area (Å²) in [5.74, 6) is -8.25. The van der Waals surface area contributed by atoms with Crippen molar-refractivity contribution in [3.8, 4) is 69.0 Å². The molecule has 0 aliphatic rings. The predicted octanol–water partition coefficient (Wildman–Crippen LogP) is 20.2. The van der Waals surface area contributed by atoms with Gasteiger partial charge < -0.3 is 85.3 Å². The van der Waals surface area contributed by atoms with Crippen molar-refractivity contribution in [2.75, 3.05) is 79.3 Å². The number of carbonyl (C=O) groups excluding carboxylic acids is 12. The van der Waals surface area contributed by atoms with E-state index in [1.165, 1.54) is 72.9 Å². The van der Waals surface area contributed by atoms with Crippen LogP contribution in [0.1, 0.15) is 110 Å². The summed E-state index contributed by atoms with van der Waals surface area (Å²) < 4.78 is 103. The minimum absolute atomic E-state index is 0.145. The number of ether oxygens (including phenoxy) is 18. The van der Waals surface area contributed by atoms with E-state index >= 15 is 0 Å². The van der Waals surface area contributed by atoms with Crippen LogP contribution in [-0.4, -0.2) is 151 Å². The summed E-state index contributed by atoms with van der Waals surface area (Å²) in [4.78, 5) is 157. The molecule has 0 bridgehead atoms. The van der Waals surface area contributed by atoms with Crippen LogP contribution in [0.15, 0.2) is 294 Å². The van der Waals surface area contributed by atoms with Crippen LogP contribution in [0.2, 0.25) is 0 Å². The molecule has 10 aromatic carbocycles. The van der Waals surface area contributed by atoms with Crippen molar-refractivity contribution in [3.63, 3.8) is 0 Å². The quantitative estimate of drug-likeness (QED) is 0.00853. The molecule has 30 nitrogen and oxygen atoms in total. The molecule has 10 rings (SSSR count). The van der Waals surface area contributed by atoms with E-state index in [1.807, 2.05) is 0 Å². The van der Waals surface area contributed by atoms with Crippen molar-refractivity contribution in [2.45, 2.75) is 77.0 Å². The van der Waals surface area contributed by atoms with Gasteiger partial charge in [0.15, 0.2) is 34.5 Å². The number of unbranched alkanes of at least 4 members (excludes halogenated alkanes) is 6. The molecule has 0 heterocycles. The molecule has 144 heavy (non-hydrogen) atoms. The average molecular weight is 1960 g/mol. The van der Waals surface area contributed by atoms with Crippen LogP contribution >= 0.6 is 0 Å². The number of fused-ring (bicyclic) bond motifs is 6. The van der Waals surface area contributed by atoms with E-state index in [0.29, 0.717) is 185 Å². The molecule has 0 N–H and O–H groups in total. The van der Waals surface area contributed by atoms with Gasteiger partial charge in [-0.1, -0.05) is 112 Å². The van der Waals surface area contributed by atoms with Crippen LogP contribution in [0.4, 0.5) is 0 Å². The molecule has 0 spiro atoms. The van der Waals surface area contributed by atoms with Crippen molar-refractivity contribution in [3.05, 3.63) is 328 Å². The SMILES string of the molecule is C=CC(=O)OCCCCOc1ccc(/C=C/C(=O)Oc2cc3c4cc(OC(=O)/C=C/c5ccc(OCCCCOC(=O)C=C)cc5)c(OC(=O)/C=C/c5ccc(OCCCCOC(=O)C=C)cc5)cc4c4cc(OC(=O)/C=C/c5ccc(OCCCCOC(=O)C=C)cc5)c(OC(=O)/C=C/c5ccc(OCCCCOC(=O)C=C)cc5)cc4c3cc2OC(=O)/C=C/c2ccc(OCCCCOC(=O)C=C)cc2)cc1. The van der Waals surface area contributed by atoms with Crippen LogP contribution in [0.3, 0.4) is 0 Å². The minimum Gasteiger partial charge on any atom is -0.494 e. The Balaban J connectivity index is 1.10. The van der Waals surface area contributed by atoms with Crippen LogP contribution in [-0.2, 0) is 86.0 Å². The number of hydrogen-bond acceptors (Lipinski definition) is 30. The van der Waals surface area contributed by atoms with Gasteiger partial charge in [0.25, 0.3) is 0 Å². The minimum atomic E-state index is -0.985. The third-order valence-electron chi connectivity index (χ3n) is 20.4. The first-order chi connectivity index (χ1) is 70.0. The fraction of sp³-hybridized carbons (Fsp3) is 0.211. The first-order valence-electron chi connectivity index (χ1n) is 46.1. The summed E-state index contributed by atoms with van der Waals surface area (Å²) in [6.07, 6.45) is 28.7. The van der Waals surface area contributed by atoms with Crippen molar-refractivity contribution in [1.82, 2.24) is 0 Å². The third kappa shape index (κ3) is 38.2. The van der Waals surface area contributed by atoms with Gasteiger partial charge in [-0.3, -0.25) is 0 Å². The number of hydrogen-bond donors (Lipinski definition) is 0. The van der Waals surface area contributed by atoms with Gasteiger partial charge in [0.2, 0.25) is 0 Å². The van der Waals surface area contributed by atoms with Crippen molar-refractivity contribution in [1.29, 1.82) is 0 Å². The molecule has 0 amide bonds. The molecular formula is C114H108O30. The van der Waals surface area contributed by atoms with E-state index in [0.717, 1.165) is 72.9 Å². The Kier molecular flexibility index (Phi) is 44.8. The second-order valence-corrected chi connectivity index (χ2v) is 31.0. The second-order valence-electron chi connectivity index (χ2n) is 31.0. The smallest absolute Gasteiger partial charge is 0.336 e. The Morgan fingerprint density at radius 1 is 0.174 bits per heavy atom. The van der Waals surface area contributed by atoms with Crippen LogP contribution in [0.5, 0.6) is 69.0 Å². The molecule has 0 saturated carbocycles. The normalized spacial score (nSPS) is 11.1. The zero-order valence-electron chi connectivity index (χ0n) is 79.2. The second kappa shape index (κ2) is 59.6. The van der Waals surface area contributed by atoms with E-state index < -0.39 is 71.6 Å². The molecule has 0 aromatic heterocycles. The molecule has 0 unspecified atom stereocenters. The molecule has 0 aliphatic carbocycles. The van der Waals surface area contributed by atoms with E-state index in [4.69, 9.17) is 85.3 Å². The van der Waals surface area contributed by atoms with Crippen molar-refractivity contribution < 1.29 is 143 Å². The lowest BCUT2D eigenvalue weighted by Crippen LogP contribution is -2.10. The predicted molar refractivity (Wildman–Crippen MR) is 541 cm³/mol. The van der Waals surface area contributed by atoms with Gasteiger partial charge in [-0.2, -0.15) is 0 Å². The Hall–Kier alpha value is -17.7. The molecule has 0 fully saturated rings. The summed E-state index contributed by atoms with van der Waals surface area (Å²) >= 11 is 0. The standard InChI is InChI=1S/C114H108O30/c1-7-103(115)133-67-19-13-61-127-85-43-25-79(26-44-85)37-55-109(121)139-97-73-91-92(74-98(97)140-110(122)56-38-80-27-45-86(46-28-80)128-62-14-20-68-134-104(116)8-2)94-76-100(142-112(124)58-40-82-31-49-88(50-32-82)130-64-16-22-70-136-106(118)10-4)102(144-114(126)60-42-84-35-53-90(54-36-84)132-66-18-24-72-138-108(120)12-6)78-96(94)95-77-101(143-113(125)59-41-83-33-51-89(52-34-83)131-65-17-23-71-137-107(119)11-5)99(75-93(91)95)141-111(123)57-39-81-29-47-87(48-30-81)129-63-15-21-69-135-105(117)9-3/h7-12,25-60,73-78H,1-6,13-24,61-72H2/b55-37+,56-38+,57-39+,58-40+,59-41+,60-42+. The highest BCUT2D eigenvalue weighted by atomic mass is 16.6. The maximum atomic E-state index is 14.6. The van der Waals surface area contributed by atoms with E-state index in [-0.39, 0.29) is 106 Å². The topological polar surface area (TPSA) is 371 Å². The fourth-order valence-electron chi connectivity index (χ4n) is 13.1. The average Bonchev–Trinajstić information content (AvgIpc) is 0.721. The number of benzene rings is 10. The van der Waals surface area contributed by atoms with Gasteiger partial charge in [0, 0.05) is 72.9 Å². The number of carbonyl (C=O) groups is 12. The maximum absolute atomic E-state index is 14.6. The lowest BCUT2D eigenvalue weighted by Gasteiger charge is -2.18. The van der Waals surface area contributed by atoms with Gasteiger partial charge in [-0.05, 0) is 288 Å². The highest BCUT2D eigenvalue weighted by Gasteiger charge is 2.26. The van der Waals surface area contributed by atoms with Crippen LogP contribution < -0.4 is 56.8 Å². The van der Waals surface area contributed by atoms with Crippen LogP contribution in [0, 0.1) is 0 Å². The zero-order valence-corrected chi connectivity index (χ0v) is 79.2. The lowest BCUT2D eigenvalue weighted by atomic mass is 9.93. The lowest BCUT2D eigenvalue weighted by molar-refractivity contribution is -0.138. The van der Waals surface area contributed by atoms with Gasteiger partial charge in [-0.25, -0.2) is 57.5 Å². The zero-order chi connectivity index (χ0) is 102. The monoisotopic (exact) mass is 1960 g/mol. The highest BCUT2D eigenvalue weighted by Crippen LogP contribution is 2.48. The molecule has 0 radical (unpaired) electrons. The fourth-order valence-corrected chi connectivity index (χ4v) is 13.1. The Morgan fingerprint density at radius 2 is 0.299 bits per heavy atom. The Morgan fingerprint density at radius 3 is 0.424 bits per heavy atom. The van der Waals surface area contributed by atoms with Crippen molar-refractivity contribution in [2.24, 2.45) is 0 Å². The largest absolute Gasteiger partial charge is 0.494 e. The van der Waals surface area contributed by atoms with E-state index in [2.05, 4.69) is 39.5 Å². The molecular weight excluding hydrogens is 1850 g/mol. The van der Waals surface area contributed by atoms with Gasteiger partial charge in [0.05, 0.1) is 79.3 Å². The first-order valence-corrected chi connectivity index (χ1v) is 46.1. The number of esters is 12. The summed E-state index contributed by atoms with van der Waals surface area (Å²) in [5, 5.41) is 0.868. The first kappa shape index (κ1) is 108. The Bertz CT molecular complexity index is 5350. The summed E-state index contributed by atoms with van der Waals surface area (Å²) in [6.45, 7) is 23.4. The molecule has 10 aromatic rings. The molecule has 0 atom stereocenters.